The van der Waals surface area contributed by atoms with Crippen LogP contribution in [0.2, 0.25) is 5.02 Å². The van der Waals surface area contributed by atoms with Crippen LogP contribution in [0.25, 0.3) is 0 Å². The van der Waals surface area contributed by atoms with Gasteiger partial charge in [0.2, 0.25) is 0 Å². The second-order valence-corrected chi connectivity index (χ2v) is 7.91. The van der Waals surface area contributed by atoms with E-state index < -0.39 is 5.82 Å². The molecule has 2 unspecified atom stereocenters. The van der Waals surface area contributed by atoms with Crippen molar-refractivity contribution >= 4 is 29.1 Å². The molecule has 154 valence electrons. The molecule has 1 fully saturated rings. The molecule has 0 bridgehead atoms. The van der Waals surface area contributed by atoms with Gasteiger partial charge in [-0.1, -0.05) is 18.0 Å². The molecule has 0 aliphatic heterocycles. The smallest absolute Gasteiger partial charge is 0.255 e. The van der Waals surface area contributed by atoms with Gasteiger partial charge in [-0.2, -0.15) is 0 Å². The van der Waals surface area contributed by atoms with E-state index in [1.807, 2.05) is 0 Å². The van der Waals surface area contributed by atoms with Crippen molar-refractivity contribution in [2.24, 2.45) is 17.6 Å². The van der Waals surface area contributed by atoms with Crippen molar-refractivity contribution in [2.75, 3.05) is 18.4 Å². The zero-order chi connectivity index (χ0) is 20.8. The van der Waals surface area contributed by atoms with E-state index >= 15 is 0 Å². The van der Waals surface area contributed by atoms with Gasteiger partial charge in [0.15, 0.2) is 0 Å². The van der Waals surface area contributed by atoms with Crippen LogP contribution in [-0.2, 0) is 0 Å². The van der Waals surface area contributed by atoms with Crippen molar-refractivity contribution in [3.05, 3.63) is 64.4 Å². The van der Waals surface area contributed by atoms with Crippen molar-refractivity contribution in [3.8, 4) is 0 Å². The number of hydrogen-bond acceptors (Lipinski definition) is 3. The maximum absolute atomic E-state index is 13.0. The first-order valence-corrected chi connectivity index (χ1v) is 10.2. The number of carbonyl (C=O) groups is 2. The molecular formula is C22H25ClFN3O2. The normalized spacial score (nSPS) is 18.9. The lowest BCUT2D eigenvalue weighted by Gasteiger charge is -2.28. The van der Waals surface area contributed by atoms with Crippen LogP contribution in [-0.4, -0.2) is 24.9 Å². The van der Waals surface area contributed by atoms with Gasteiger partial charge >= 0.3 is 0 Å². The highest BCUT2D eigenvalue weighted by atomic mass is 35.5. The second kappa shape index (κ2) is 9.85. The third-order valence-electron chi connectivity index (χ3n) is 5.35. The Kier molecular flexibility index (Phi) is 7.23. The Labute approximate surface area is 174 Å². The zero-order valence-electron chi connectivity index (χ0n) is 16.1. The van der Waals surface area contributed by atoms with E-state index in [2.05, 4.69) is 10.6 Å². The number of carbonyl (C=O) groups excluding carboxylic acids is 2. The van der Waals surface area contributed by atoms with E-state index in [0.717, 1.165) is 25.7 Å². The molecule has 0 heterocycles. The third kappa shape index (κ3) is 5.78. The van der Waals surface area contributed by atoms with E-state index in [4.69, 9.17) is 17.3 Å². The maximum Gasteiger partial charge on any atom is 0.255 e. The van der Waals surface area contributed by atoms with Crippen LogP contribution < -0.4 is 16.4 Å². The highest BCUT2D eigenvalue weighted by Crippen LogP contribution is 2.28. The predicted molar refractivity (Wildman–Crippen MR) is 113 cm³/mol. The Morgan fingerprint density at radius 2 is 1.79 bits per heavy atom. The van der Waals surface area contributed by atoms with Gasteiger partial charge in [-0.3, -0.25) is 9.59 Å². The molecule has 7 heteroatoms. The molecule has 2 aromatic rings. The predicted octanol–water partition coefficient (Wildman–Crippen LogP) is 4.23. The monoisotopic (exact) mass is 417 g/mol. The van der Waals surface area contributed by atoms with Crippen LogP contribution in [0, 0.1) is 17.7 Å². The summed E-state index contributed by atoms with van der Waals surface area (Å²) in [5, 5.41) is 5.90. The van der Waals surface area contributed by atoms with Crippen LogP contribution in [0.5, 0.6) is 0 Å². The van der Waals surface area contributed by atoms with E-state index in [-0.39, 0.29) is 16.8 Å². The Morgan fingerprint density at radius 1 is 1.07 bits per heavy atom. The molecule has 5 nitrogen and oxygen atoms in total. The van der Waals surface area contributed by atoms with Crippen molar-refractivity contribution in [2.45, 2.75) is 25.7 Å². The molecule has 0 saturated heterocycles. The van der Waals surface area contributed by atoms with Gasteiger partial charge in [-0.25, -0.2) is 4.39 Å². The molecular weight excluding hydrogens is 393 g/mol. The van der Waals surface area contributed by atoms with Crippen molar-refractivity contribution in [1.82, 2.24) is 5.32 Å². The number of rotatable bonds is 6. The van der Waals surface area contributed by atoms with Crippen LogP contribution in [0.3, 0.4) is 0 Å². The third-order valence-corrected chi connectivity index (χ3v) is 5.67. The molecule has 2 atom stereocenters. The van der Waals surface area contributed by atoms with Crippen LogP contribution in [0.15, 0.2) is 42.5 Å². The van der Waals surface area contributed by atoms with Crippen LogP contribution in [0.1, 0.15) is 46.4 Å². The SMILES string of the molecule is NCC1CCCC(CNC(=O)c2ccc(NC(=O)c3ccc(F)cc3)cc2Cl)C1. The molecule has 0 aromatic heterocycles. The summed E-state index contributed by atoms with van der Waals surface area (Å²) < 4.78 is 13.0. The molecule has 0 radical (unpaired) electrons. The lowest BCUT2D eigenvalue weighted by molar-refractivity contribution is 0.0940. The molecule has 2 amide bonds. The lowest BCUT2D eigenvalue weighted by Crippen LogP contribution is -2.33. The largest absolute Gasteiger partial charge is 0.352 e. The fourth-order valence-corrected chi connectivity index (χ4v) is 3.98. The number of nitrogens with one attached hydrogen (secondary N) is 2. The lowest BCUT2D eigenvalue weighted by atomic mass is 9.81. The second-order valence-electron chi connectivity index (χ2n) is 7.50. The summed E-state index contributed by atoms with van der Waals surface area (Å²) in [5.74, 6) is -0.0504. The Morgan fingerprint density at radius 3 is 2.48 bits per heavy atom. The Balaban J connectivity index is 1.57. The van der Waals surface area contributed by atoms with E-state index in [0.29, 0.717) is 41.7 Å². The molecule has 3 rings (SSSR count). The summed E-state index contributed by atoms with van der Waals surface area (Å²) in [5.41, 5.74) is 6.92. The summed E-state index contributed by atoms with van der Waals surface area (Å²) >= 11 is 6.26. The van der Waals surface area contributed by atoms with Crippen LogP contribution in [0.4, 0.5) is 10.1 Å². The number of amides is 2. The number of halogens is 2. The van der Waals surface area contributed by atoms with Gasteiger partial charge in [0, 0.05) is 17.8 Å². The first-order valence-electron chi connectivity index (χ1n) is 9.81. The number of anilines is 1. The van der Waals surface area contributed by atoms with Crippen molar-refractivity contribution in [1.29, 1.82) is 0 Å². The first-order chi connectivity index (χ1) is 14.0. The van der Waals surface area contributed by atoms with Crippen molar-refractivity contribution < 1.29 is 14.0 Å². The molecule has 1 saturated carbocycles. The van der Waals surface area contributed by atoms with Gasteiger partial charge in [0.25, 0.3) is 11.8 Å². The average molecular weight is 418 g/mol. The fourth-order valence-electron chi connectivity index (χ4n) is 3.72. The topological polar surface area (TPSA) is 84.2 Å². The summed E-state index contributed by atoms with van der Waals surface area (Å²) in [6.07, 6.45) is 4.45. The van der Waals surface area contributed by atoms with Gasteiger partial charge in [0.05, 0.1) is 10.6 Å². The minimum atomic E-state index is -0.410. The minimum Gasteiger partial charge on any atom is -0.352 e. The van der Waals surface area contributed by atoms with E-state index in [9.17, 15) is 14.0 Å². The molecule has 1 aliphatic rings. The summed E-state index contributed by atoms with van der Waals surface area (Å²) in [6, 6.07) is 9.97. The zero-order valence-corrected chi connectivity index (χ0v) is 16.8. The highest BCUT2D eigenvalue weighted by molar-refractivity contribution is 6.34. The minimum absolute atomic E-state index is 0.235. The van der Waals surface area contributed by atoms with E-state index in [1.165, 1.54) is 30.3 Å². The average Bonchev–Trinajstić information content (AvgIpc) is 2.72. The molecule has 29 heavy (non-hydrogen) atoms. The fraction of sp³-hybridized carbons (Fsp3) is 0.364. The molecule has 1 aliphatic carbocycles. The Bertz CT molecular complexity index is 873. The van der Waals surface area contributed by atoms with E-state index in [1.54, 1.807) is 12.1 Å². The molecule has 4 N–H and O–H groups in total. The Hall–Kier alpha value is -2.44. The standard InChI is InChI=1S/C22H25ClFN3O2/c23-20-11-18(27-21(28)16-4-6-17(24)7-5-16)8-9-19(20)22(29)26-13-15-3-1-2-14(10-15)12-25/h4-9,11,14-15H,1-3,10,12-13,25H2,(H,26,29)(H,27,28). The first kappa shape index (κ1) is 21.3. The summed E-state index contributed by atoms with van der Waals surface area (Å²) in [7, 11) is 0. The maximum atomic E-state index is 13.0. The summed E-state index contributed by atoms with van der Waals surface area (Å²) in [6.45, 7) is 1.30. The number of benzene rings is 2. The van der Waals surface area contributed by atoms with Gasteiger partial charge in [-0.05, 0) is 80.1 Å². The van der Waals surface area contributed by atoms with Crippen LogP contribution >= 0.6 is 11.6 Å². The van der Waals surface area contributed by atoms with Gasteiger partial charge in [-0.15, -0.1) is 0 Å². The molecule has 2 aromatic carbocycles. The van der Waals surface area contributed by atoms with Gasteiger partial charge in [0.1, 0.15) is 5.82 Å². The molecule has 0 spiro atoms. The van der Waals surface area contributed by atoms with Gasteiger partial charge < -0.3 is 16.4 Å². The quantitative estimate of drug-likeness (QED) is 0.657. The number of hydrogen-bond donors (Lipinski definition) is 3. The van der Waals surface area contributed by atoms with Crippen molar-refractivity contribution in [3.63, 3.8) is 0 Å². The highest BCUT2D eigenvalue weighted by Gasteiger charge is 2.22. The summed E-state index contributed by atoms with van der Waals surface area (Å²) in [4.78, 5) is 24.7. The number of nitrogens with two attached hydrogens (primary N) is 1.